The zero-order valence-corrected chi connectivity index (χ0v) is 57.3. The second-order valence-corrected chi connectivity index (χ2v) is 24.8. The molecule has 0 radical (unpaired) electrons. The first kappa shape index (κ1) is 82.6. The summed E-state index contributed by atoms with van der Waals surface area (Å²) in [5.74, 6) is -1.13. The number of ether oxygens (including phenoxy) is 1. The minimum Gasteiger partial charge on any atom is -0.479 e. The standard InChI is InChI=1S/C14H16N2.C14H15NO.C13H17NO4.2C9H11NO.C9H13NO.C8H11NO.C4H11NO/c2*15-13(11-7-3-1-4-8-11)14(16)12-9-5-2-6-10-12;1-13(2,3)18-12(17)14-10(11(15)16)9-7-5-4-6-8-9;2*10-9-7-4-2-1-3-6(7)5-8(9)11;1-7(10)9(11)8-5-3-2-4-6-8;9-8(6-10)7-4-2-1-3-5-7;1-2-4(5)3-6/h1-10,13-14H,15-16H2;1-10,13-14,16H,15H2;4-8,10H,1-3H3,(H,14,17)(H,15,16);2*1-4,8-9,11H,5,10H2;2-7,9,11H,10H2,1H3;1-5,8,10H,6,9H2;4,6H,2-3,5H2,1H3/t13-,14-;13-,14+;10-;8-,9+;8-,9-;7-,9-;8-;4-/m11001000/s1. The van der Waals surface area contributed by atoms with Crippen molar-refractivity contribution in [1.82, 2.24) is 5.32 Å². The van der Waals surface area contributed by atoms with Crippen LogP contribution in [-0.4, -0.2) is 90.9 Å². The van der Waals surface area contributed by atoms with Crippen molar-refractivity contribution >= 4 is 12.1 Å². The second-order valence-electron chi connectivity index (χ2n) is 24.8. The number of hydrogen-bond donors (Lipinski definition) is 16. The van der Waals surface area contributed by atoms with Crippen LogP contribution in [0.3, 0.4) is 0 Å². The highest BCUT2D eigenvalue weighted by Crippen LogP contribution is 2.31. The van der Waals surface area contributed by atoms with Crippen LogP contribution in [0.4, 0.5) is 4.79 Å². The van der Waals surface area contributed by atoms with E-state index in [9.17, 15) is 30.0 Å². The molecule has 0 fully saturated rings. The highest BCUT2D eigenvalue weighted by atomic mass is 16.6. The monoisotopic (exact) mass is 1350 g/mol. The van der Waals surface area contributed by atoms with Gasteiger partial charge in [0.2, 0.25) is 0 Å². The van der Waals surface area contributed by atoms with Crippen molar-refractivity contribution < 1.29 is 50.1 Å². The lowest BCUT2D eigenvalue weighted by atomic mass is 9.95. The number of nitrogens with two attached hydrogens (primary N) is 8. The molecule has 1 amide bonds. The van der Waals surface area contributed by atoms with Crippen molar-refractivity contribution in [3.63, 3.8) is 0 Å². The number of aliphatic hydroxyl groups is 6. The predicted molar refractivity (Wildman–Crippen MR) is 395 cm³/mol. The van der Waals surface area contributed by atoms with Gasteiger partial charge >= 0.3 is 12.1 Å². The summed E-state index contributed by atoms with van der Waals surface area (Å²) >= 11 is 0. The van der Waals surface area contributed by atoms with Crippen LogP contribution in [0.5, 0.6) is 0 Å². The normalized spacial score (nSPS) is 17.2. The Morgan fingerprint density at radius 1 is 0.455 bits per heavy atom. The summed E-state index contributed by atoms with van der Waals surface area (Å²) in [6.07, 6.45) is -0.455. The van der Waals surface area contributed by atoms with Crippen molar-refractivity contribution in [3.05, 3.63) is 322 Å². The largest absolute Gasteiger partial charge is 0.479 e. The summed E-state index contributed by atoms with van der Waals surface area (Å²) in [5, 5.41) is 66.7. The Morgan fingerprint density at radius 3 is 1.05 bits per heavy atom. The molecule has 0 unspecified atom stereocenters. The highest BCUT2D eigenvalue weighted by molar-refractivity contribution is 5.81. The number of carboxylic acid groups (broad SMARTS) is 1. The van der Waals surface area contributed by atoms with Crippen LogP contribution in [0.1, 0.15) is 157 Å². The van der Waals surface area contributed by atoms with E-state index in [0.29, 0.717) is 18.4 Å². The number of fused-ring (bicyclic) bond motifs is 2. The molecule has 19 nitrogen and oxygen atoms in total. The van der Waals surface area contributed by atoms with Crippen LogP contribution in [0.15, 0.2) is 261 Å². The fourth-order valence-electron chi connectivity index (χ4n) is 9.94. The number of hydrogen-bond acceptors (Lipinski definition) is 17. The molecule has 0 saturated heterocycles. The molecule has 0 bridgehead atoms. The number of aliphatic carboxylic acids is 1. The molecule has 11 rings (SSSR count). The summed E-state index contributed by atoms with van der Waals surface area (Å²) in [7, 11) is 0. The van der Waals surface area contributed by atoms with Crippen LogP contribution in [-0.2, 0) is 22.4 Å². The lowest BCUT2D eigenvalue weighted by Gasteiger charge is -2.22. The molecule has 2 aliphatic rings. The van der Waals surface area contributed by atoms with Gasteiger partial charge in [-0.15, -0.1) is 0 Å². The third-order valence-corrected chi connectivity index (χ3v) is 15.8. The second kappa shape index (κ2) is 44.2. The summed E-state index contributed by atoms with van der Waals surface area (Å²) in [6, 6.07) is 79.7. The van der Waals surface area contributed by atoms with E-state index in [-0.39, 0.29) is 73.8 Å². The molecule has 9 aromatic carbocycles. The first-order valence-corrected chi connectivity index (χ1v) is 33.0. The van der Waals surface area contributed by atoms with Gasteiger partial charge in [0.25, 0.3) is 0 Å². The smallest absolute Gasteiger partial charge is 0.408 e. The molecule has 530 valence electrons. The number of carboxylic acids is 1. The zero-order chi connectivity index (χ0) is 72.9. The molecule has 13 atom stereocenters. The van der Waals surface area contributed by atoms with Gasteiger partial charge < -0.3 is 91.7 Å². The summed E-state index contributed by atoms with van der Waals surface area (Å²) in [4.78, 5) is 22.7. The summed E-state index contributed by atoms with van der Waals surface area (Å²) < 4.78 is 5.03. The van der Waals surface area contributed by atoms with E-state index in [2.05, 4.69) is 5.32 Å². The Labute approximate surface area is 584 Å². The Morgan fingerprint density at radius 2 is 0.758 bits per heavy atom. The Hall–Kier alpha value is -8.84. The minimum absolute atomic E-state index is 0.00398. The maximum Gasteiger partial charge on any atom is 0.408 e. The molecule has 0 saturated carbocycles. The topological polar surface area (TPSA) is 405 Å². The fraction of sp³-hybridized carbons (Fsp3) is 0.300. The molecular weight excluding hydrogens is 1250 g/mol. The maximum atomic E-state index is 11.6. The van der Waals surface area contributed by atoms with E-state index in [4.69, 9.17) is 65.9 Å². The van der Waals surface area contributed by atoms with Gasteiger partial charge in [-0.05, 0) is 95.3 Å². The van der Waals surface area contributed by atoms with Crippen molar-refractivity contribution in [2.45, 2.75) is 138 Å². The summed E-state index contributed by atoms with van der Waals surface area (Å²) in [6.45, 7) is 8.99. The Kier molecular flexibility index (Phi) is 36.9. The van der Waals surface area contributed by atoms with E-state index in [1.54, 1.807) is 58.0 Å². The average Bonchev–Trinajstić information content (AvgIpc) is 1.69. The molecular formula is C80H105N9O10. The lowest BCUT2D eigenvalue weighted by molar-refractivity contribution is -0.139. The van der Waals surface area contributed by atoms with Crippen molar-refractivity contribution in [2.24, 2.45) is 45.9 Å². The van der Waals surface area contributed by atoms with E-state index >= 15 is 0 Å². The van der Waals surface area contributed by atoms with Gasteiger partial charge in [-0.25, -0.2) is 9.59 Å². The van der Waals surface area contributed by atoms with Crippen LogP contribution < -0.4 is 51.2 Å². The van der Waals surface area contributed by atoms with Gasteiger partial charge in [0.15, 0.2) is 6.04 Å². The number of carbonyl (C=O) groups excluding carboxylic acids is 1. The molecule has 0 heterocycles. The Balaban J connectivity index is 0.000000244. The molecule has 24 N–H and O–H groups in total. The van der Waals surface area contributed by atoms with Crippen LogP contribution in [0, 0.1) is 0 Å². The zero-order valence-electron chi connectivity index (χ0n) is 57.3. The van der Waals surface area contributed by atoms with E-state index in [1.165, 1.54) is 11.1 Å². The summed E-state index contributed by atoms with van der Waals surface area (Å²) in [5.41, 5.74) is 56.3. The van der Waals surface area contributed by atoms with E-state index in [0.717, 1.165) is 50.9 Å². The quantitative estimate of drug-likeness (QED) is 0.0454. The molecule has 19 heteroatoms. The molecule has 9 aromatic rings. The average molecular weight is 1350 g/mol. The first-order valence-electron chi connectivity index (χ1n) is 33.0. The SMILES string of the molecule is CC(C)(C)OC(=O)N[C@H](C(=O)O)c1ccccc1.CC[C@H](N)CO.C[C@H](N)[C@H](O)c1ccccc1.N[C@@H](CO)c1ccccc1.N[C@@H]1c2ccccc2C[C@@H]1O.N[C@@H]1c2ccccc2C[C@H]1O.N[C@H](c1ccccc1)[C@@H](O)c1ccccc1.N[C@H](c1ccccc1)[C@H](N)c1ccccc1. The van der Waals surface area contributed by atoms with Gasteiger partial charge in [0.05, 0.1) is 61.8 Å². The van der Waals surface area contributed by atoms with Crippen LogP contribution in [0.2, 0.25) is 0 Å². The number of benzene rings is 9. The van der Waals surface area contributed by atoms with Gasteiger partial charge in [-0.2, -0.15) is 0 Å². The third-order valence-electron chi connectivity index (χ3n) is 15.8. The van der Waals surface area contributed by atoms with E-state index in [1.807, 2.05) is 237 Å². The number of nitrogens with one attached hydrogen (secondary N) is 1. The lowest BCUT2D eigenvalue weighted by Crippen LogP contribution is -2.38. The van der Waals surface area contributed by atoms with Gasteiger partial charge in [0, 0.05) is 37.0 Å². The Bertz CT molecular complexity index is 3370. The maximum absolute atomic E-state index is 11.6. The molecule has 0 aliphatic heterocycles. The minimum atomic E-state index is -1.13. The number of aliphatic hydroxyl groups excluding tert-OH is 6. The van der Waals surface area contributed by atoms with Crippen molar-refractivity contribution in [1.29, 1.82) is 0 Å². The third kappa shape index (κ3) is 29.3. The molecule has 0 aromatic heterocycles. The number of alkyl carbamates (subject to hydrolysis) is 1. The highest BCUT2D eigenvalue weighted by Gasteiger charge is 2.29. The van der Waals surface area contributed by atoms with Gasteiger partial charge in [-0.1, -0.05) is 268 Å². The number of carbonyl (C=O) groups is 2. The predicted octanol–water partition coefficient (Wildman–Crippen LogP) is 9.81. The van der Waals surface area contributed by atoms with Gasteiger partial charge in [0.1, 0.15) is 5.60 Å². The molecule has 0 spiro atoms. The number of amides is 1. The molecule has 2 aliphatic carbocycles. The fourth-order valence-corrected chi connectivity index (χ4v) is 9.94. The van der Waals surface area contributed by atoms with Crippen molar-refractivity contribution in [3.8, 4) is 0 Å². The van der Waals surface area contributed by atoms with Crippen LogP contribution in [0.25, 0.3) is 0 Å². The van der Waals surface area contributed by atoms with Crippen molar-refractivity contribution in [2.75, 3.05) is 13.2 Å². The number of rotatable bonds is 15. The van der Waals surface area contributed by atoms with Gasteiger partial charge in [-0.3, -0.25) is 0 Å². The molecule has 99 heavy (non-hydrogen) atoms. The van der Waals surface area contributed by atoms with E-state index < -0.39 is 35.9 Å². The first-order chi connectivity index (χ1) is 47.3. The van der Waals surface area contributed by atoms with Crippen LogP contribution >= 0.6 is 0 Å².